The summed E-state index contributed by atoms with van der Waals surface area (Å²) in [6, 6.07) is 12.6. The van der Waals surface area contributed by atoms with Crippen LogP contribution >= 0.6 is 0 Å². The van der Waals surface area contributed by atoms with Gasteiger partial charge in [0.2, 0.25) is 15.9 Å². The number of halogens is 1. The molecular weight excluding hydrogens is 383 g/mol. The predicted molar refractivity (Wildman–Crippen MR) is 108 cm³/mol. The van der Waals surface area contributed by atoms with E-state index >= 15 is 0 Å². The lowest BCUT2D eigenvalue weighted by Gasteiger charge is -2.22. The molecule has 1 N–H and O–H groups in total. The number of nitrogens with one attached hydrogen (secondary N) is 1. The highest BCUT2D eigenvalue weighted by molar-refractivity contribution is 7.92. The Morgan fingerprint density at radius 2 is 1.79 bits per heavy atom. The van der Waals surface area contributed by atoms with Gasteiger partial charge >= 0.3 is 0 Å². The van der Waals surface area contributed by atoms with Crippen LogP contribution < -0.4 is 14.4 Å². The van der Waals surface area contributed by atoms with Gasteiger partial charge in [-0.05, 0) is 41.8 Å². The molecule has 0 bridgehead atoms. The minimum Gasteiger partial charge on any atom is -0.491 e. The summed E-state index contributed by atoms with van der Waals surface area (Å²) >= 11 is 0. The Labute approximate surface area is 165 Å². The number of nitrogens with zero attached hydrogens (tertiary/aromatic N) is 1. The number of hydrogen-bond acceptors (Lipinski definition) is 4. The summed E-state index contributed by atoms with van der Waals surface area (Å²) in [6.07, 6.45) is 0.996. The molecule has 0 radical (unpaired) electrons. The first-order valence-electron chi connectivity index (χ1n) is 8.90. The molecule has 2 rings (SSSR count). The number of anilines is 1. The first-order valence-corrected chi connectivity index (χ1v) is 10.7. The Morgan fingerprint density at radius 3 is 2.39 bits per heavy atom. The van der Waals surface area contributed by atoms with Crippen molar-refractivity contribution in [3.8, 4) is 5.75 Å². The molecule has 8 heteroatoms. The van der Waals surface area contributed by atoms with Crippen molar-refractivity contribution in [1.82, 2.24) is 5.32 Å². The molecule has 28 heavy (non-hydrogen) atoms. The SMILES string of the molecule is CC(C)c1ccccc1OCCNC(=O)CN(c1ccc(F)cc1)S(C)(=O)=O. The second-order valence-electron chi connectivity index (χ2n) is 6.64. The van der Waals surface area contributed by atoms with Gasteiger partial charge in [0.05, 0.1) is 18.5 Å². The number of amides is 1. The second kappa shape index (κ2) is 9.54. The number of ether oxygens (including phenoxy) is 1. The molecule has 152 valence electrons. The quantitative estimate of drug-likeness (QED) is 0.648. The largest absolute Gasteiger partial charge is 0.491 e. The second-order valence-corrected chi connectivity index (χ2v) is 8.54. The molecule has 0 heterocycles. The van der Waals surface area contributed by atoms with E-state index in [-0.39, 0.29) is 18.8 Å². The molecule has 6 nitrogen and oxygen atoms in total. The molecule has 0 aromatic heterocycles. The van der Waals surface area contributed by atoms with Crippen LogP contribution in [0.25, 0.3) is 0 Å². The lowest BCUT2D eigenvalue weighted by atomic mass is 10.0. The van der Waals surface area contributed by atoms with E-state index in [0.717, 1.165) is 34.0 Å². The zero-order valence-corrected chi connectivity index (χ0v) is 17.0. The average molecular weight is 408 g/mol. The van der Waals surface area contributed by atoms with Gasteiger partial charge < -0.3 is 10.1 Å². The summed E-state index contributed by atoms with van der Waals surface area (Å²) < 4.78 is 43.7. The van der Waals surface area contributed by atoms with Crippen molar-refractivity contribution in [2.45, 2.75) is 19.8 Å². The molecular formula is C20H25FN2O4S. The van der Waals surface area contributed by atoms with E-state index in [1.54, 1.807) is 0 Å². The number of hydrogen-bond donors (Lipinski definition) is 1. The van der Waals surface area contributed by atoms with Crippen LogP contribution in [0.2, 0.25) is 0 Å². The van der Waals surface area contributed by atoms with Gasteiger partial charge in [-0.3, -0.25) is 9.10 Å². The van der Waals surface area contributed by atoms with Gasteiger partial charge in [-0.2, -0.15) is 0 Å². The summed E-state index contributed by atoms with van der Waals surface area (Å²) in [4.78, 5) is 12.2. The molecule has 0 saturated carbocycles. The number of rotatable bonds is 9. The fraction of sp³-hybridized carbons (Fsp3) is 0.350. The summed E-state index contributed by atoms with van der Waals surface area (Å²) in [5.41, 5.74) is 1.30. The third kappa shape index (κ3) is 6.23. The minimum absolute atomic E-state index is 0.223. The van der Waals surface area contributed by atoms with Crippen LogP contribution in [-0.2, 0) is 14.8 Å². The Kier molecular flexibility index (Phi) is 7.39. The van der Waals surface area contributed by atoms with Gasteiger partial charge in [-0.25, -0.2) is 12.8 Å². The van der Waals surface area contributed by atoms with Crippen LogP contribution in [0.5, 0.6) is 5.75 Å². The zero-order chi connectivity index (χ0) is 20.7. The summed E-state index contributed by atoms with van der Waals surface area (Å²) in [6.45, 7) is 4.22. The maximum absolute atomic E-state index is 13.1. The lowest BCUT2D eigenvalue weighted by molar-refractivity contribution is -0.119. The van der Waals surface area contributed by atoms with Crippen molar-refractivity contribution in [1.29, 1.82) is 0 Å². The van der Waals surface area contributed by atoms with Gasteiger partial charge in [0.1, 0.15) is 24.7 Å². The Balaban J connectivity index is 1.91. The van der Waals surface area contributed by atoms with E-state index in [0.29, 0.717) is 5.92 Å². The number of carbonyl (C=O) groups is 1. The third-order valence-corrected chi connectivity index (χ3v) is 5.17. The summed E-state index contributed by atoms with van der Waals surface area (Å²) in [5, 5.41) is 2.64. The Morgan fingerprint density at radius 1 is 1.14 bits per heavy atom. The molecule has 0 aliphatic heterocycles. The molecule has 0 fully saturated rings. The summed E-state index contributed by atoms with van der Waals surface area (Å²) in [5.74, 6) is 0.108. The van der Waals surface area contributed by atoms with E-state index in [2.05, 4.69) is 19.2 Å². The minimum atomic E-state index is -3.70. The monoisotopic (exact) mass is 408 g/mol. The Bertz CT molecular complexity index is 899. The van der Waals surface area contributed by atoms with Gasteiger partial charge in [0.25, 0.3) is 0 Å². The molecule has 1 amide bonds. The van der Waals surface area contributed by atoms with E-state index in [9.17, 15) is 17.6 Å². The first kappa shape index (κ1) is 21.7. The van der Waals surface area contributed by atoms with E-state index < -0.39 is 28.3 Å². The van der Waals surface area contributed by atoms with Crippen molar-refractivity contribution >= 4 is 21.6 Å². The van der Waals surface area contributed by atoms with E-state index in [1.807, 2.05) is 24.3 Å². The molecule has 0 saturated heterocycles. The highest BCUT2D eigenvalue weighted by atomic mass is 32.2. The van der Waals surface area contributed by atoms with Crippen LogP contribution in [0, 0.1) is 5.82 Å². The van der Waals surface area contributed by atoms with Crippen LogP contribution in [0.15, 0.2) is 48.5 Å². The van der Waals surface area contributed by atoms with Crippen LogP contribution in [0.1, 0.15) is 25.3 Å². The van der Waals surface area contributed by atoms with Crippen molar-refractivity contribution in [2.75, 3.05) is 30.3 Å². The molecule has 2 aromatic rings. The third-order valence-electron chi connectivity index (χ3n) is 4.02. The molecule has 0 unspecified atom stereocenters. The first-order chi connectivity index (χ1) is 13.2. The van der Waals surface area contributed by atoms with Crippen molar-refractivity contribution < 1.29 is 22.3 Å². The van der Waals surface area contributed by atoms with Crippen molar-refractivity contribution in [2.24, 2.45) is 0 Å². The fourth-order valence-electron chi connectivity index (χ4n) is 2.63. The molecule has 0 spiro atoms. The predicted octanol–water partition coefficient (Wildman–Crippen LogP) is 2.91. The Hall–Kier alpha value is -2.61. The smallest absolute Gasteiger partial charge is 0.240 e. The molecule has 0 atom stereocenters. The number of para-hydroxylation sites is 1. The maximum atomic E-state index is 13.1. The highest BCUT2D eigenvalue weighted by Crippen LogP contribution is 2.25. The van der Waals surface area contributed by atoms with E-state index in [4.69, 9.17) is 4.74 Å². The lowest BCUT2D eigenvalue weighted by Crippen LogP contribution is -2.41. The maximum Gasteiger partial charge on any atom is 0.240 e. The standard InChI is InChI=1S/C20H25FN2O4S/c1-15(2)18-6-4-5-7-19(18)27-13-12-22-20(24)14-23(28(3,25)26)17-10-8-16(21)9-11-17/h4-11,15H,12-14H2,1-3H3,(H,22,24). The highest BCUT2D eigenvalue weighted by Gasteiger charge is 2.20. The van der Waals surface area contributed by atoms with E-state index in [1.165, 1.54) is 12.1 Å². The van der Waals surface area contributed by atoms with Crippen molar-refractivity contribution in [3.05, 3.63) is 59.9 Å². The number of carbonyl (C=O) groups excluding carboxylic acids is 1. The van der Waals surface area contributed by atoms with Crippen LogP contribution in [-0.4, -0.2) is 40.3 Å². The van der Waals surface area contributed by atoms with Gasteiger partial charge in [0.15, 0.2) is 0 Å². The molecule has 2 aromatic carbocycles. The molecule has 0 aliphatic carbocycles. The average Bonchev–Trinajstić information content (AvgIpc) is 2.63. The number of benzene rings is 2. The fourth-order valence-corrected chi connectivity index (χ4v) is 3.49. The molecule has 0 aliphatic rings. The summed E-state index contributed by atoms with van der Waals surface area (Å²) in [7, 11) is -3.70. The van der Waals surface area contributed by atoms with Gasteiger partial charge in [-0.1, -0.05) is 32.0 Å². The zero-order valence-electron chi connectivity index (χ0n) is 16.2. The topological polar surface area (TPSA) is 75.7 Å². The normalized spacial score (nSPS) is 11.3. The number of sulfonamides is 1. The van der Waals surface area contributed by atoms with Gasteiger partial charge in [0, 0.05) is 0 Å². The van der Waals surface area contributed by atoms with Crippen LogP contribution in [0.4, 0.5) is 10.1 Å². The van der Waals surface area contributed by atoms with Gasteiger partial charge in [-0.15, -0.1) is 0 Å². The van der Waals surface area contributed by atoms with Crippen LogP contribution in [0.3, 0.4) is 0 Å². The van der Waals surface area contributed by atoms with Crippen molar-refractivity contribution in [3.63, 3.8) is 0 Å².